The molecule has 17 heavy (non-hydrogen) atoms. The van der Waals surface area contributed by atoms with Crippen molar-refractivity contribution in [2.24, 2.45) is 5.92 Å². The molecule has 96 valence electrons. The lowest BCUT2D eigenvalue weighted by atomic mass is 9.85. The van der Waals surface area contributed by atoms with E-state index in [2.05, 4.69) is 11.2 Å². The van der Waals surface area contributed by atoms with Crippen LogP contribution in [0.3, 0.4) is 0 Å². The number of hydrogen-bond acceptors (Lipinski definition) is 3. The molecule has 0 spiro atoms. The smallest absolute Gasteiger partial charge is 0.408 e. The first-order valence-corrected chi connectivity index (χ1v) is 5.84. The van der Waals surface area contributed by atoms with Crippen molar-refractivity contribution in [3.8, 4) is 12.3 Å². The Morgan fingerprint density at radius 3 is 2.65 bits per heavy atom. The highest BCUT2D eigenvalue weighted by Crippen LogP contribution is 2.27. The zero-order valence-corrected chi connectivity index (χ0v) is 11.0. The number of terminal acetylenes is 1. The van der Waals surface area contributed by atoms with Crippen molar-refractivity contribution in [2.45, 2.75) is 45.3 Å². The fourth-order valence-electron chi connectivity index (χ4n) is 1.80. The lowest BCUT2D eigenvalue weighted by molar-refractivity contribution is 0.0414. The van der Waals surface area contributed by atoms with Gasteiger partial charge in [0.25, 0.3) is 0 Å². The highest BCUT2D eigenvalue weighted by Gasteiger charge is 2.41. The fourth-order valence-corrected chi connectivity index (χ4v) is 1.80. The average Bonchev–Trinajstić information content (AvgIpc) is 2.63. The van der Waals surface area contributed by atoms with E-state index in [0.717, 1.165) is 6.42 Å². The minimum atomic E-state index is -0.510. The molecule has 0 radical (unpaired) electrons. The zero-order valence-electron chi connectivity index (χ0n) is 11.0. The standard InChI is InChI=1S/C13H21NO3/c1-6-10(2)13(7-8-16-9-13)14-11(15)17-12(3,4)5/h1,10H,7-9H2,2-5H3,(H,14,15). The number of hydrogen-bond donors (Lipinski definition) is 1. The first-order chi connectivity index (χ1) is 7.79. The number of carbonyl (C=O) groups is 1. The molecular formula is C13H21NO3. The van der Waals surface area contributed by atoms with Crippen molar-refractivity contribution in [3.05, 3.63) is 0 Å². The third kappa shape index (κ3) is 3.64. The van der Waals surface area contributed by atoms with Crippen LogP contribution in [0.5, 0.6) is 0 Å². The molecule has 1 rings (SSSR count). The third-order valence-corrected chi connectivity index (χ3v) is 2.88. The monoisotopic (exact) mass is 239 g/mol. The molecule has 1 heterocycles. The third-order valence-electron chi connectivity index (χ3n) is 2.88. The van der Waals surface area contributed by atoms with Gasteiger partial charge in [0.05, 0.1) is 12.1 Å². The summed E-state index contributed by atoms with van der Waals surface area (Å²) in [5.74, 6) is 2.58. The van der Waals surface area contributed by atoms with Crippen molar-refractivity contribution in [2.75, 3.05) is 13.2 Å². The van der Waals surface area contributed by atoms with Crippen molar-refractivity contribution < 1.29 is 14.3 Å². The maximum absolute atomic E-state index is 11.8. The Hall–Kier alpha value is -1.21. The molecule has 2 unspecified atom stereocenters. The highest BCUT2D eigenvalue weighted by molar-refractivity contribution is 5.69. The molecule has 1 N–H and O–H groups in total. The molecule has 1 amide bonds. The lowest BCUT2D eigenvalue weighted by Crippen LogP contribution is -2.54. The Morgan fingerprint density at radius 1 is 1.59 bits per heavy atom. The summed E-state index contributed by atoms with van der Waals surface area (Å²) in [7, 11) is 0. The van der Waals surface area contributed by atoms with Crippen LogP contribution in [-0.4, -0.2) is 30.4 Å². The second kappa shape index (κ2) is 4.97. The van der Waals surface area contributed by atoms with E-state index < -0.39 is 17.2 Å². The van der Waals surface area contributed by atoms with Gasteiger partial charge in [-0.05, 0) is 34.1 Å². The van der Waals surface area contributed by atoms with E-state index in [1.165, 1.54) is 0 Å². The SMILES string of the molecule is C#CC(C)C1(NC(=O)OC(C)(C)C)CCOC1. The molecule has 0 aliphatic carbocycles. The molecule has 4 heteroatoms. The summed E-state index contributed by atoms with van der Waals surface area (Å²) < 4.78 is 10.6. The summed E-state index contributed by atoms with van der Waals surface area (Å²) in [6, 6.07) is 0. The van der Waals surface area contributed by atoms with E-state index in [1.54, 1.807) is 0 Å². The number of amides is 1. The lowest BCUT2D eigenvalue weighted by Gasteiger charge is -2.33. The van der Waals surface area contributed by atoms with Crippen molar-refractivity contribution in [1.29, 1.82) is 0 Å². The van der Waals surface area contributed by atoms with Gasteiger partial charge in [-0.2, -0.15) is 0 Å². The molecule has 1 saturated heterocycles. The summed E-state index contributed by atoms with van der Waals surface area (Å²) in [5.41, 5.74) is -0.999. The molecule has 0 aromatic rings. The van der Waals surface area contributed by atoms with Crippen LogP contribution in [0, 0.1) is 18.3 Å². The van der Waals surface area contributed by atoms with Crippen LogP contribution in [0.2, 0.25) is 0 Å². The van der Waals surface area contributed by atoms with Gasteiger partial charge in [-0.25, -0.2) is 4.79 Å². The average molecular weight is 239 g/mol. The molecule has 1 fully saturated rings. The predicted octanol–water partition coefficient (Wildman–Crippen LogP) is 1.94. The van der Waals surface area contributed by atoms with Gasteiger partial charge in [-0.3, -0.25) is 0 Å². The summed E-state index contributed by atoms with van der Waals surface area (Å²) in [6.07, 6.45) is 5.72. The summed E-state index contributed by atoms with van der Waals surface area (Å²) in [5, 5.41) is 2.87. The Kier molecular flexibility index (Phi) is 4.05. The molecule has 0 saturated carbocycles. The first-order valence-electron chi connectivity index (χ1n) is 5.84. The van der Waals surface area contributed by atoms with E-state index in [9.17, 15) is 4.79 Å². The Labute approximate surface area is 103 Å². The van der Waals surface area contributed by atoms with Crippen LogP contribution in [0.4, 0.5) is 4.79 Å². The predicted molar refractivity (Wildman–Crippen MR) is 65.5 cm³/mol. The molecule has 1 aliphatic rings. The first kappa shape index (κ1) is 13.9. The van der Waals surface area contributed by atoms with Crippen molar-refractivity contribution >= 4 is 6.09 Å². The topological polar surface area (TPSA) is 47.6 Å². The molecule has 1 aliphatic heterocycles. The number of alkyl carbamates (subject to hydrolysis) is 1. The molecule has 0 bridgehead atoms. The van der Waals surface area contributed by atoms with E-state index in [-0.39, 0.29) is 5.92 Å². The van der Waals surface area contributed by atoms with Gasteiger partial charge >= 0.3 is 6.09 Å². The van der Waals surface area contributed by atoms with Crippen molar-refractivity contribution in [3.63, 3.8) is 0 Å². The van der Waals surface area contributed by atoms with E-state index in [4.69, 9.17) is 15.9 Å². The molecule has 4 nitrogen and oxygen atoms in total. The number of rotatable bonds is 2. The van der Waals surface area contributed by atoms with Crippen molar-refractivity contribution in [1.82, 2.24) is 5.32 Å². The molecule has 0 aromatic heterocycles. The van der Waals surface area contributed by atoms with Gasteiger partial charge in [0.1, 0.15) is 5.60 Å². The maximum atomic E-state index is 11.8. The minimum absolute atomic E-state index is 0.0856. The number of nitrogens with one attached hydrogen (secondary N) is 1. The van der Waals surface area contributed by atoms with Gasteiger partial charge in [-0.15, -0.1) is 12.3 Å². The van der Waals surface area contributed by atoms with E-state index in [1.807, 2.05) is 27.7 Å². The second-order valence-corrected chi connectivity index (χ2v) is 5.47. The maximum Gasteiger partial charge on any atom is 0.408 e. The van der Waals surface area contributed by atoms with Gasteiger partial charge < -0.3 is 14.8 Å². The van der Waals surface area contributed by atoms with E-state index in [0.29, 0.717) is 13.2 Å². The van der Waals surface area contributed by atoms with Gasteiger partial charge in [0, 0.05) is 12.5 Å². The largest absolute Gasteiger partial charge is 0.444 e. The van der Waals surface area contributed by atoms with Gasteiger partial charge in [0.15, 0.2) is 0 Å². The Bertz CT molecular complexity index is 319. The number of ether oxygens (including phenoxy) is 2. The summed E-state index contributed by atoms with van der Waals surface area (Å²) in [4.78, 5) is 11.8. The summed E-state index contributed by atoms with van der Waals surface area (Å²) in [6.45, 7) is 8.45. The van der Waals surface area contributed by atoms with Crippen LogP contribution in [0.1, 0.15) is 34.1 Å². The normalized spacial score (nSPS) is 26.1. The van der Waals surface area contributed by atoms with Crippen LogP contribution in [0.15, 0.2) is 0 Å². The van der Waals surface area contributed by atoms with Gasteiger partial charge in [0.2, 0.25) is 0 Å². The zero-order chi connectivity index (χ0) is 13.1. The van der Waals surface area contributed by atoms with Crippen LogP contribution in [0.25, 0.3) is 0 Å². The second-order valence-electron chi connectivity index (χ2n) is 5.47. The Balaban J connectivity index is 2.69. The van der Waals surface area contributed by atoms with E-state index >= 15 is 0 Å². The Morgan fingerprint density at radius 2 is 2.24 bits per heavy atom. The molecule has 0 aromatic carbocycles. The van der Waals surface area contributed by atoms with Crippen LogP contribution in [-0.2, 0) is 9.47 Å². The molecule has 2 atom stereocenters. The van der Waals surface area contributed by atoms with Crippen LogP contribution < -0.4 is 5.32 Å². The quantitative estimate of drug-likeness (QED) is 0.749. The minimum Gasteiger partial charge on any atom is -0.444 e. The number of carbonyl (C=O) groups excluding carboxylic acids is 1. The molecular weight excluding hydrogens is 218 g/mol. The van der Waals surface area contributed by atoms with Crippen LogP contribution >= 0.6 is 0 Å². The summed E-state index contributed by atoms with van der Waals surface area (Å²) >= 11 is 0. The van der Waals surface area contributed by atoms with Gasteiger partial charge in [-0.1, -0.05) is 0 Å². The highest BCUT2D eigenvalue weighted by atomic mass is 16.6. The fraction of sp³-hybridized carbons (Fsp3) is 0.769.